The molecule has 0 unspecified atom stereocenters. The highest BCUT2D eigenvalue weighted by atomic mass is 35.5. The molecule has 4 heteroatoms. The normalized spacial score (nSPS) is 17.7. The third-order valence-corrected chi connectivity index (χ3v) is 2.83. The predicted molar refractivity (Wildman–Crippen MR) is 56.6 cm³/mol. The lowest BCUT2D eigenvalue weighted by Crippen LogP contribution is -2.37. The zero-order valence-electron chi connectivity index (χ0n) is 8.00. The molecule has 0 spiro atoms. The van der Waals surface area contributed by atoms with Gasteiger partial charge in [0, 0.05) is 23.8 Å². The van der Waals surface area contributed by atoms with Crippen LogP contribution in [0.5, 0.6) is 0 Å². The summed E-state index contributed by atoms with van der Waals surface area (Å²) in [6, 6.07) is 7.32. The molecule has 3 nitrogen and oxygen atoms in total. The Bertz CT molecular complexity index is 401. The molecular weight excluding hydrogens is 214 g/mol. The van der Waals surface area contributed by atoms with Gasteiger partial charge in [0.1, 0.15) is 0 Å². The summed E-state index contributed by atoms with van der Waals surface area (Å²) in [4.78, 5) is 22.4. The molecule has 1 fully saturated rings. The Hall–Kier alpha value is -1.35. The van der Waals surface area contributed by atoms with Crippen LogP contribution in [0.3, 0.4) is 0 Å². The van der Waals surface area contributed by atoms with E-state index in [2.05, 4.69) is 5.32 Å². The third kappa shape index (κ3) is 2.18. The van der Waals surface area contributed by atoms with E-state index in [0.29, 0.717) is 17.9 Å². The summed E-state index contributed by atoms with van der Waals surface area (Å²) in [6.07, 6.45) is 0.658. The van der Waals surface area contributed by atoms with Gasteiger partial charge in [-0.15, -0.1) is 0 Å². The fourth-order valence-electron chi connectivity index (χ4n) is 1.80. The lowest BCUT2D eigenvalue weighted by Gasteiger charge is -2.21. The van der Waals surface area contributed by atoms with Crippen LogP contribution in [0, 0.1) is 0 Å². The van der Waals surface area contributed by atoms with Crippen LogP contribution in [0.1, 0.15) is 24.3 Å². The van der Waals surface area contributed by atoms with E-state index in [4.69, 9.17) is 11.6 Å². The van der Waals surface area contributed by atoms with Gasteiger partial charge in [-0.25, -0.2) is 0 Å². The van der Waals surface area contributed by atoms with E-state index in [0.717, 1.165) is 5.56 Å². The van der Waals surface area contributed by atoms with Crippen LogP contribution in [0.4, 0.5) is 0 Å². The van der Waals surface area contributed by atoms with Crippen molar-refractivity contribution in [1.29, 1.82) is 0 Å². The van der Waals surface area contributed by atoms with E-state index in [9.17, 15) is 9.59 Å². The molecule has 0 atom stereocenters. The number of nitrogens with one attached hydrogen (secondary N) is 1. The Morgan fingerprint density at radius 3 is 2.33 bits per heavy atom. The maximum absolute atomic E-state index is 11.2. The third-order valence-electron chi connectivity index (χ3n) is 2.49. The Morgan fingerprint density at radius 2 is 1.73 bits per heavy atom. The molecular formula is C11H10ClNO2. The summed E-state index contributed by atoms with van der Waals surface area (Å²) in [5.74, 6) is -0.535. The SMILES string of the molecule is O=C1CC(c2ccccc2Cl)CC(=O)N1. The Kier molecular flexibility index (Phi) is 2.73. The predicted octanol–water partition coefficient (Wildman–Crippen LogP) is 1.86. The zero-order chi connectivity index (χ0) is 10.8. The maximum atomic E-state index is 11.2. The molecule has 0 bridgehead atoms. The summed E-state index contributed by atoms with van der Waals surface area (Å²) in [7, 11) is 0. The molecule has 1 aliphatic heterocycles. The number of piperidine rings is 1. The van der Waals surface area contributed by atoms with E-state index in [1.54, 1.807) is 6.07 Å². The minimum absolute atomic E-state index is 0.0834. The van der Waals surface area contributed by atoms with E-state index >= 15 is 0 Å². The Labute approximate surface area is 92.4 Å². The summed E-state index contributed by atoms with van der Waals surface area (Å²) in [6.45, 7) is 0. The molecule has 15 heavy (non-hydrogen) atoms. The molecule has 2 rings (SSSR count). The minimum Gasteiger partial charge on any atom is -0.296 e. The van der Waals surface area contributed by atoms with Gasteiger partial charge in [-0.1, -0.05) is 29.8 Å². The van der Waals surface area contributed by atoms with E-state index in [1.165, 1.54) is 0 Å². The first-order chi connectivity index (χ1) is 7.16. The first-order valence-corrected chi connectivity index (χ1v) is 5.11. The number of amides is 2. The summed E-state index contributed by atoms with van der Waals surface area (Å²) >= 11 is 6.01. The van der Waals surface area contributed by atoms with Gasteiger partial charge < -0.3 is 0 Å². The number of halogens is 1. The van der Waals surface area contributed by atoms with Gasteiger partial charge in [0.2, 0.25) is 11.8 Å². The van der Waals surface area contributed by atoms with Crippen LogP contribution < -0.4 is 5.32 Å². The van der Waals surface area contributed by atoms with Gasteiger partial charge in [0.05, 0.1) is 0 Å². The highest BCUT2D eigenvalue weighted by Crippen LogP contribution is 2.31. The number of rotatable bonds is 1. The Balaban J connectivity index is 2.27. The van der Waals surface area contributed by atoms with E-state index < -0.39 is 0 Å². The van der Waals surface area contributed by atoms with Crippen molar-refractivity contribution in [1.82, 2.24) is 5.32 Å². The second kappa shape index (κ2) is 4.03. The van der Waals surface area contributed by atoms with Crippen LogP contribution in [0.15, 0.2) is 24.3 Å². The van der Waals surface area contributed by atoms with Crippen molar-refractivity contribution >= 4 is 23.4 Å². The van der Waals surface area contributed by atoms with Crippen LogP contribution in [-0.2, 0) is 9.59 Å². The molecule has 0 aliphatic carbocycles. The van der Waals surface area contributed by atoms with E-state index in [-0.39, 0.29) is 17.7 Å². The lowest BCUT2D eigenvalue weighted by molar-refractivity contribution is -0.133. The molecule has 78 valence electrons. The fraction of sp³-hybridized carbons (Fsp3) is 0.273. The highest BCUT2D eigenvalue weighted by molar-refractivity contribution is 6.31. The second-order valence-electron chi connectivity index (χ2n) is 3.60. The minimum atomic E-state index is -0.226. The topological polar surface area (TPSA) is 46.2 Å². The van der Waals surface area contributed by atoms with E-state index in [1.807, 2.05) is 18.2 Å². The molecule has 1 aromatic rings. The number of hydrogen-bond acceptors (Lipinski definition) is 2. The number of imide groups is 1. The van der Waals surface area contributed by atoms with Crippen LogP contribution in [0.25, 0.3) is 0 Å². The van der Waals surface area contributed by atoms with Gasteiger partial charge >= 0.3 is 0 Å². The van der Waals surface area contributed by atoms with Gasteiger partial charge in [-0.3, -0.25) is 14.9 Å². The van der Waals surface area contributed by atoms with Crippen molar-refractivity contribution in [3.8, 4) is 0 Å². The quantitative estimate of drug-likeness (QED) is 0.739. The number of benzene rings is 1. The van der Waals surface area contributed by atoms with Gasteiger partial charge in [0.25, 0.3) is 0 Å². The first-order valence-electron chi connectivity index (χ1n) is 4.74. The van der Waals surface area contributed by atoms with Crippen molar-refractivity contribution in [2.45, 2.75) is 18.8 Å². The molecule has 0 saturated carbocycles. The van der Waals surface area contributed by atoms with Gasteiger partial charge in [0.15, 0.2) is 0 Å². The number of carbonyl (C=O) groups is 2. The standard InChI is InChI=1S/C11H10ClNO2/c12-9-4-2-1-3-8(9)7-5-10(14)13-11(15)6-7/h1-4,7H,5-6H2,(H,13,14,15). The highest BCUT2D eigenvalue weighted by Gasteiger charge is 2.27. The summed E-state index contributed by atoms with van der Waals surface area (Å²) in [5, 5.41) is 2.89. The van der Waals surface area contributed by atoms with Crippen molar-refractivity contribution in [2.24, 2.45) is 0 Å². The Morgan fingerprint density at radius 1 is 1.13 bits per heavy atom. The first kappa shape index (κ1) is 10.2. The fourth-order valence-corrected chi connectivity index (χ4v) is 2.09. The van der Waals surface area contributed by atoms with Crippen LogP contribution in [-0.4, -0.2) is 11.8 Å². The van der Waals surface area contributed by atoms with Crippen molar-refractivity contribution in [3.63, 3.8) is 0 Å². The molecule has 2 amide bonds. The molecule has 1 heterocycles. The lowest BCUT2D eigenvalue weighted by atomic mass is 9.89. The average Bonchev–Trinajstić information content (AvgIpc) is 2.16. The number of hydrogen-bond donors (Lipinski definition) is 1. The summed E-state index contributed by atoms with van der Waals surface area (Å²) in [5.41, 5.74) is 0.877. The molecule has 1 N–H and O–H groups in total. The zero-order valence-corrected chi connectivity index (χ0v) is 8.75. The summed E-state index contributed by atoms with van der Waals surface area (Å²) < 4.78 is 0. The molecule has 0 radical (unpaired) electrons. The van der Waals surface area contributed by atoms with Gasteiger partial charge in [-0.05, 0) is 11.6 Å². The van der Waals surface area contributed by atoms with Crippen LogP contribution >= 0.6 is 11.6 Å². The van der Waals surface area contributed by atoms with Crippen molar-refractivity contribution in [3.05, 3.63) is 34.9 Å². The average molecular weight is 224 g/mol. The van der Waals surface area contributed by atoms with Crippen molar-refractivity contribution < 1.29 is 9.59 Å². The molecule has 0 aromatic heterocycles. The van der Waals surface area contributed by atoms with Crippen molar-refractivity contribution in [2.75, 3.05) is 0 Å². The van der Waals surface area contributed by atoms with Gasteiger partial charge in [-0.2, -0.15) is 0 Å². The molecule has 1 aliphatic rings. The largest absolute Gasteiger partial charge is 0.296 e. The maximum Gasteiger partial charge on any atom is 0.227 e. The molecule has 1 aromatic carbocycles. The monoisotopic (exact) mass is 223 g/mol. The van der Waals surface area contributed by atoms with Crippen LogP contribution in [0.2, 0.25) is 5.02 Å². The second-order valence-corrected chi connectivity index (χ2v) is 4.01. The number of carbonyl (C=O) groups excluding carboxylic acids is 2. The smallest absolute Gasteiger partial charge is 0.227 e. The molecule has 1 saturated heterocycles.